The van der Waals surface area contributed by atoms with Gasteiger partial charge in [0.15, 0.2) is 11.5 Å². The third kappa shape index (κ3) is 4.73. The van der Waals surface area contributed by atoms with Gasteiger partial charge in [-0.1, -0.05) is 6.07 Å². The molecule has 0 unspecified atom stereocenters. The van der Waals surface area contributed by atoms with Crippen LogP contribution in [0.1, 0.15) is 12.5 Å². The van der Waals surface area contributed by atoms with E-state index < -0.39 is 0 Å². The van der Waals surface area contributed by atoms with Crippen LogP contribution < -0.4 is 19.7 Å². The molecule has 6 heteroatoms. The van der Waals surface area contributed by atoms with Crippen LogP contribution in [0.5, 0.6) is 11.5 Å². The highest BCUT2D eigenvalue weighted by Crippen LogP contribution is 2.28. The number of ether oxygens (including phenoxy) is 2. The molecule has 0 aliphatic rings. The zero-order valence-electron chi connectivity index (χ0n) is 14.8. The maximum absolute atomic E-state index is 12.5. The number of anilines is 2. The summed E-state index contributed by atoms with van der Waals surface area (Å²) in [5.41, 5.74) is 2.28. The largest absolute Gasteiger partial charge is 0.493 e. The molecule has 2 aromatic rings. The van der Waals surface area contributed by atoms with Gasteiger partial charge in [-0.15, -0.1) is 0 Å². The van der Waals surface area contributed by atoms with Crippen molar-refractivity contribution in [3.8, 4) is 11.5 Å². The number of amides is 2. The Hall–Kier alpha value is -3.02. The second kappa shape index (κ2) is 8.19. The molecule has 0 aliphatic carbocycles. The summed E-state index contributed by atoms with van der Waals surface area (Å²) in [6.07, 6.45) is 0.240. The van der Waals surface area contributed by atoms with Gasteiger partial charge in [-0.25, -0.2) is 0 Å². The molecule has 0 saturated heterocycles. The molecule has 6 nitrogen and oxygen atoms in total. The first-order chi connectivity index (χ1) is 11.9. The van der Waals surface area contributed by atoms with Crippen LogP contribution in [0.4, 0.5) is 11.4 Å². The molecule has 2 amide bonds. The summed E-state index contributed by atoms with van der Waals surface area (Å²) in [5.74, 6) is 1.03. The van der Waals surface area contributed by atoms with Crippen molar-refractivity contribution in [1.82, 2.24) is 0 Å². The fourth-order valence-corrected chi connectivity index (χ4v) is 2.40. The number of nitrogens with zero attached hydrogens (tertiary/aromatic N) is 1. The van der Waals surface area contributed by atoms with Crippen LogP contribution in [-0.4, -0.2) is 33.1 Å². The maximum Gasteiger partial charge on any atom is 0.231 e. The number of rotatable bonds is 6. The monoisotopic (exact) mass is 342 g/mol. The van der Waals surface area contributed by atoms with Crippen molar-refractivity contribution in [2.24, 2.45) is 0 Å². The lowest BCUT2D eigenvalue weighted by Gasteiger charge is -2.18. The van der Waals surface area contributed by atoms with Crippen molar-refractivity contribution < 1.29 is 19.1 Å². The van der Waals surface area contributed by atoms with Crippen molar-refractivity contribution in [2.45, 2.75) is 13.3 Å². The van der Waals surface area contributed by atoms with E-state index in [2.05, 4.69) is 5.32 Å². The van der Waals surface area contributed by atoms with E-state index in [9.17, 15) is 9.59 Å². The molecule has 0 spiro atoms. The van der Waals surface area contributed by atoms with Crippen molar-refractivity contribution in [3.63, 3.8) is 0 Å². The Balaban J connectivity index is 2.08. The molecule has 0 fully saturated rings. The Morgan fingerprint density at radius 1 is 1.00 bits per heavy atom. The van der Waals surface area contributed by atoms with Crippen molar-refractivity contribution >= 4 is 23.2 Å². The van der Waals surface area contributed by atoms with Crippen molar-refractivity contribution in [3.05, 3.63) is 48.0 Å². The van der Waals surface area contributed by atoms with E-state index >= 15 is 0 Å². The fourth-order valence-electron chi connectivity index (χ4n) is 2.40. The SMILES string of the molecule is COc1ccc(CC(=O)N(C)c2ccc(NC(C)=O)cc2)cc1OC. The zero-order valence-corrected chi connectivity index (χ0v) is 14.8. The Bertz CT molecular complexity index is 757. The number of nitrogens with one attached hydrogen (secondary N) is 1. The lowest BCUT2D eigenvalue weighted by molar-refractivity contribution is -0.117. The average molecular weight is 342 g/mol. The number of benzene rings is 2. The van der Waals surface area contributed by atoms with Crippen LogP contribution in [0.25, 0.3) is 0 Å². The Labute approximate surface area is 147 Å². The number of carbonyl (C=O) groups is 2. The van der Waals surface area contributed by atoms with Crippen molar-refractivity contribution in [2.75, 3.05) is 31.5 Å². The first-order valence-electron chi connectivity index (χ1n) is 7.79. The molecule has 0 aromatic heterocycles. The second-order valence-electron chi connectivity index (χ2n) is 5.55. The fraction of sp³-hybridized carbons (Fsp3) is 0.263. The van der Waals surface area contributed by atoms with Crippen molar-refractivity contribution in [1.29, 1.82) is 0 Å². The lowest BCUT2D eigenvalue weighted by Crippen LogP contribution is -2.27. The van der Waals surface area contributed by atoms with Crippen LogP contribution in [-0.2, 0) is 16.0 Å². The molecular formula is C19H22N2O4. The van der Waals surface area contributed by atoms with Gasteiger partial charge in [0.1, 0.15) is 0 Å². The van der Waals surface area contributed by atoms with Gasteiger partial charge in [-0.3, -0.25) is 9.59 Å². The summed E-state index contributed by atoms with van der Waals surface area (Å²) in [6, 6.07) is 12.5. The standard InChI is InChI=1S/C19H22N2O4/c1-13(22)20-15-6-8-16(9-7-15)21(2)19(23)12-14-5-10-17(24-3)18(11-14)25-4/h5-11H,12H2,1-4H3,(H,20,22). The summed E-state index contributed by atoms with van der Waals surface area (Å²) in [4.78, 5) is 25.1. The predicted octanol–water partition coefficient (Wildman–Crippen LogP) is 2.87. The molecule has 0 radical (unpaired) electrons. The van der Waals surface area contributed by atoms with E-state index in [-0.39, 0.29) is 18.2 Å². The molecule has 1 N–H and O–H groups in total. The van der Waals surface area contributed by atoms with E-state index in [4.69, 9.17) is 9.47 Å². The van der Waals surface area contributed by atoms with Crippen LogP contribution >= 0.6 is 0 Å². The topological polar surface area (TPSA) is 67.9 Å². The van der Waals surface area contributed by atoms with Gasteiger partial charge in [0.2, 0.25) is 11.8 Å². The normalized spacial score (nSPS) is 10.1. The highest BCUT2D eigenvalue weighted by molar-refractivity contribution is 5.95. The zero-order chi connectivity index (χ0) is 18.4. The van der Waals surface area contributed by atoms with Gasteiger partial charge in [0.25, 0.3) is 0 Å². The molecule has 0 aliphatic heterocycles. The Kier molecular flexibility index (Phi) is 6.00. The van der Waals surface area contributed by atoms with Crippen LogP contribution in [0, 0.1) is 0 Å². The Morgan fingerprint density at radius 3 is 2.20 bits per heavy atom. The summed E-state index contributed by atoms with van der Waals surface area (Å²) in [5, 5.41) is 2.70. The molecule has 25 heavy (non-hydrogen) atoms. The third-order valence-electron chi connectivity index (χ3n) is 3.75. The van der Waals surface area contributed by atoms with Crippen LogP contribution in [0.3, 0.4) is 0 Å². The Morgan fingerprint density at radius 2 is 1.64 bits per heavy atom. The quantitative estimate of drug-likeness (QED) is 0.876. The molecule has 0 atom stereocenters. The molecule has 132 valence electrons. The smallest absolute Gasteiger partial charge is 0.231 e. The number of hydrogen-bond acceptors (Lipinski definition) is 4. The van der Waals surface area contributed by atoms with Gasteiger partial charge >= 0.3 is 0 Å². The van der Waals surface area contributed by atoms with Gasteiger partial charge in [0, 0.05) is 25.3 Å². The third-order valence-corrected chi connectivity index (χ3v) is 3.75. The van der Waals surface area contributed by atoms with E-state index in [1.54, 1.807) is 62.6 Å². The summed E-state index contributed by atoms with van der Waals surface area (Å²) in [7, 11) is 4.85. The van der Waals surface area contributed by atoms with E-state index in [0.717, 1.165) is 11.3 Å². The van der Waals surface area contributed by atoms with E-state index in [1.165, 1.54) is 6.92 Å². The molecule has 0 bridgehead atoms. The van der Waals surface area contributed by atoms with Gasteiger partial charge in [-0.05, 0) is 42.0 Å². The minimum absolute atomic E-state index is 0.0560. The lowest BCUT2D eigenvalue weighted by atomic mass is 10.1. The second-order valence-corrected chi connectivity index (χ2v) is 5.55. The number of methoxy groups -OCH3 is 2. The highest BCUT2D eigenvalue weighted by Gasteiger charge is 2.13. The number of carbonyl (C=O) groups excluding carboxylic acids is 2. The molecule has 2 aromatic carbocycles. The summed E-state index contributed by atoms with van der Waals surface area (Å²) < 4.78 is 10.5. The first kappa shape index (κ1) is 18.3. The van der Waals surface area contributed by atoms with E-state index in [1.807, 2.05) is 6.07 Å². The molecule has 0 heterocycles. The van der Waals surface area contributed by atoms with Crippen LogP contribution in [0.2, 0.25) is 0 Å². The van der Waals surface area contributed by atoms with E-state index in [0.29, 0.717) is 17.2 Å². The maximum atomic E-state index is 12.5. The minimum Gasteiger partial charge on any atom is -0.493 e. The molecular weight excluding hydrogens is 320 g/mol. The molecule has 2 rings (SSSR count). The molecule has 0 saturated carbocycles. The number of likely N-dealkylation sites (N-methyl/N-ethyl adjacent to an activating group) is 1. The van der Waals surface area contributed by atoms with Crippen LogP contribution in [0.15, 0.2) is 42.5 Å². The average Bonchev–Trinajstić information content (AvgIpc) is 2.61. The predicted molar refractivity (Wildman–Crippen MR) is 97.4 cm³/mol. The number of hydrogen-bond donors (Lipinski definition) is 1. The minimum atomic E-state index is -0.134. The summed E-state index contributed by atoms with van der Waals surface area (Å²) in [6.45, 7) is 1.45. The van der Waals surface area contributed by atoms with Gasteiger partial charge in [0.05, 0.1) is 20.6 Å². The van der Waals surface area contributed by atoms with Gasteiger partial charge in [-0.2, -0.15) is 0 Å². The first-order valence-corrected chi connectivity index (χ1v) is 7.79. The highest BCUT2D eigenvalue weighted by atomic mass is 16.5. The van der Waals surface area contributed by atoms with Gasteiger partial charge < -0.3 is 19.7 Å². The summed E-state index contributed by atoms with van der Waals surface area (Å²) >= 11 is 0.